The highest BCUT2D eigenvalue weighted by Gasteiger charge is 2.27. The molecule has 2 aromatic rings. The number of rotatable bonds is 4. The fourth-order valence-electron chi connectivity index (χ4n) is 1.65. The minimum atomic E-state index is -0.773. The van der Waals surface area contributed by atoms with Gasteiger partial charge in [-0.3, -0.25) is 4.79 Å². The Kier molecular flexibility index (Phi) is 3.23. The minimum Gasteiger partial charge on any atom is -0.388 e. The van der Waals surface area contributed by atoms with E-state index in [4.69, 9.17) is 4.74 Å². The average molecular weight is 251 g/mol. The van der Waals surface area contributed by atoms with Crippen molar-refractivity contribution >= 4 is 5.52 Å². The second-order valence-corrected chi connectivity index (χ2v) is 4.74. The Morgan fingerprint density at radius 2 is 2.22 bits per heavy atom. The zero-order valence-corrected chi connectivity index (χ0v) is 10.7. The van der Waals surface area contributed by atoms with E-state index >= 15 is 0 Å². The van der Waals surface area contributed by atoms with Crippen molar-refractivity contribution in [3.63, 3.8) is 0 Å². The molecule has 0 amide bonds. The number of fused-ring (bicyclic) bond motifs is 1. The van der Waals surface area contributed by atoms with Gasteiger partial charge in [0.05, 0.1) is 18.3 Å². The monoisotopic (exact) mass is 251 g/mol. The van der Waals surface area contributed by atoms with E-state index < -0.39 is 11.7 Å². The zero-order valence-electron chi connectivity index (χ0n) is 10.7. The highest BCUT2D eigenvalue weighted by atomic mass is 16.5. The van der Waals surface area contributed by atoms with Gasteiger partial charge in [0.2, 0.25) is 0 Å². The molecule has 1 unspecified atom stereocenters. The number of ether oxygens (including phenoxy) is 1. The highest BCUT2D eigenvalue weighted by Crippen LogP contribution is 2.14. The van der Waals surface area contributed by atoms with Crippen LogP contribution in [-0.4, -0.2) is 38.1 Å². The van der Waals surface area contributed by atoms with Crippen molar-refractivity contribution in [1.82, 2.24) is 14.2 Å². The van der Waals surface area contributed by atoms with Crippen LogP contribution in [0.15, 0.2) is 29.5 Å². The first-order valence-corrected chi connectivity index (χ1v) is 5.71. The van der Waals surface area contributed by atoms with Gasteiger partial charge < -0.3 is 14.4 Å². The van der Waals surface area contributed by atoms with Gasteiger partial charge in [0.1, 0.15) is 11.6 Å². The highest BCUT2D eigenvalue weighted by molar-refractivity contribution is 5.42. The lowest BCUT2D eigenvalue weighted by molar-refractivity contribution is -0.0835. The number of nitrogens with zero attached hydrogens (tertiary/aromatic N) is 3. The summed E-state index contributed by atoms with van der Waals surface area (Å²) in [6.07, 6.45) is 4.09. The Bertz CT molecular complexity index is 600. The fourth-order valence-corrected chi connectivity index (χ4v) is 1.65. The Morgan fingerprint density at radius 1 is 1.50 bits per heavy atom. The van der Waals surface area contributed by atoms with Gasteiger partial charge in [0, 0.05) is 19.5 Å². The van der Waals surface area contributed by atoms with E-state index in [1.807, 2.05) is 0 Å². The van der Waals surface area contributed by atoms with E-state index in [1.165, 1.54) is 16.2 Å². The van der Waals surface area contributed by atoms with Crippen molar-refractivity contribution in [2.45, 2.75) is 32.1 Å². The van der Waals surface area contributed by atoms with Crippen molar-refractivity contribution in [3.05, 3.63) is 35.0 Å². The third-order valence-corrected chi connectivity index (χ3v) is 3.24. The maximum Gasteiger partial charge on any atom is 0.276 e. The van der Waals surface area contributed by atoms with Gasteiger partial charge in [-0.15, -0.1) is 0 Å². The summed E-state index contributed by atoms with van der Waals surface area (Å²) in [4.78, 5) is 12.1. The molecular weight excluding hydrogens is 234 g/mol. The molecule has 1 atom stereocenters. The van der Waals surface area contributed by atoms with Gasteiger partial charge in [0.25, 0.3) is 5.56 Å². The summed E-state index contributed by atoms with van der Waals surface area (Å²) in [5.74, 6) is 0. The predicted octanol–water partition coefficient (Wildman–Crippen LogP) is 0.282. The predicted molar refractivity (Wildman–Crippen MR) is 66.5 cm³/mol. The summed E-state index contributed by atoms with van der Waals surface area (Å²) >= 11 is 0. The standard InChI is InChI=1S/C12H17N3O3/c1-12(2,18-3)10(16)8-14-6-7-15-9(11(14)17)4-5-13-15/h4-7,10,16H,8H2,1-3H3. The molecule has 0 saturated heterocycles. The molecule has 2 aromatic heterocycles. The molecule has 2 rings (SSSR count). The van der Waals surface area contributed by atoms with Crippen molar-refractivity contribution in [3.8, 4) is 0 Å². The van der Waals surface area contributed by atoms with E-state index in [0.717, 1.165) is 0 Å². The van der Waals surface area contributed by atoms with Crippen molar-refractivity contribution < 1.29 is 9.84 Å². The lowest BCUT2D eigenvalue weighted by atomic mass is 10.0. The maximum absolute atomic E-state index is 12.1. The molecule has 0 aliphatic carbocycles. The Morgan fingerprint density at radius 3 is 2.89 bits per heavy atom. The molecule has 1 N–H and O–H groups in total. The fraction of sp³-hybridized carbons (Fsp3) is 0.500. The number of aliphatic hydroxyl groups is 1. The summed E-state index contributed by atoms with van der Waals surface area (Å²) < 4.78 is 8.17. The van der Waals surface area contributed by atoms with Gasteiger partial charge in [-0.25, -0.2) is 4.52 Å². The van der Waals surface area contributed by atoms with Crippen LogP contribution in [0.5, 0.6) is 0 Å². The molecule has 0 aliphatic heterocycles. The first kappa shape index (κ1) is 12.8. The van der Waals surface area contributed by atoms with Crippen molar-refractivity contribution in [1.29, 1.82) is 0 Å². The topological polar surface area (TPSA) is 68.8 Å². The van der Waals surface area contributed by atoms with E-state index in [2.05, 4.69) is 5.10 Å². The van der Waals surface area contributed by atoms with Crippen LogP contribution in [0.3, 0.4) is 0 Å². The minimum absolute atomic E-state index is 0.180. The van der Waals surface area contributed by atoms with E-state index in [9.17, 15) is 9.90 Å². The number of hydrogen-bond donors (Lipinski definition) is 1. The van der Waals surface area contributed by atoms with Crippen LogP contribution >= 0.6 is 0 Å². The second kappa shape index (κ2) is 4.55. The average Bonchev–Trinajstić information content (AvgIpc) is 2.81. The number of methoxy groups -OCH3 is 1. The quantitative estimate of drug-likeness (QED) is 0.847. The van der Waals surface area contributed by atoms with Crippen molar-refractivity contribution in [2.24, 2.45) is 0 Å². The number of aromatic nitrogens is 3. The molecule has 0 aliphatic rings. The molecule has 6 heteroatoms. The third kappa shape index (κ3) is 2.16. The number of hydrogen-bond acceptors (Lipinski definition) is 4. The van der Waals surface area contributed by atoms with Crippen LogP contribution in [0.1, 0.15) is 13.8 Å². The summed E-state index contributed by atoms with van der Waals surface area (Å²) in [5.41, 5.74) is -0.396. The van der Waals surface area contributed by atoms with E-state index in [0.29, 0.717) is 5.52 Å². The molecule has 2 heterocycles. The van der Waals surface area contributed by atoms with Gasteiger partial charge in [-0.2, -0.15) is 5.10 Å². The van der Waals surface area contributed by atoms with Crippen LogP contribution in [0, 0.1) is 0 Å². The summed E-state index contributed by atoms with van der Waals surface area (Å²) in [5, 5.41) is 14.1. The van der Waals surface area contributed by atoms with E-state index in [-0.39, 0.29) is 12.1 Å². The second-order valence-electron chi connectivity index (χ2n) is 4.74. The van der Waals surface area contributed by atoms with Gasteiger partial charge in [-0.05, 0) is 19.9 Å². The van der Waals surface area contributed by atoms with E-state index in [1.54, 1.807) is 38.5 Å². The first-order valence-electron chi connectivity index (χ1n) is 5.71. The molecule has 6 nitrogen and oxygen atoms in total. The molecule has 18 heavy (non-hydrogen) atoms. The first-order chi connectivity index (χ1) is 8.45. The SMILES string of the molecule is COC(C)(C)C(O)Cn1ccn2nccc2c1=O. The van der Waals surface area contributed by atoms with Crippen LogP contribution in [0.2, 0.25) is 0 Å². The van der Waals surface area contributed by atoms with Crippen LogP contribution in [0.4, 0.5) is 0 Å². The Hall–Kier alpha value is -1.66. The molecule has 0 spiro atoms. The molecule has 98 valence electrons. The smallest absolute Gasteiger partial charge is 0.276 e. The number of aliphatic hydroxyl groups excluding tert-OH is 1. The molecule has 0 aromatic carbocycles. The molecular formula is C12H17N3O3. The van der Waals surface area contributed by atoms with Crippen LogP contribution in [-0.2, 0) is 11.3 Å². The summed E-state index contributed by atoms with van der Waals surface area (Å²) in [6.45, 7) is 3.74. The maximum atomic E-state index is 12.1. The van der Waals surface area contributed by atoms with Gasteiger partial charge in [-0.1, -0.05) is 0 Å². The molecule has 0 radical (unpaired) electrons. The molecule has 0 bridgehead atoms. The van der Waals surface area contributed by atoms with Crippen molar-refractivity contribution in [2.75, 3.05) is 7.11 Å². The van der Waals surface area contributed by atoms with Crippen LogP contribution < -0.4 is 5.56 Å². The zero-order chi connectivity index (χ0) is 13.3. The Balaban J connectivity index is 2.32. The third-order valence-electron chi connectivity index (χ3n) is 3.24. The lowest BCUT2D eigenvalue weighted by Gasteiger charge is -2.29. The Labute approximate surface area is 104 Å². The summed E-state index contributed by atoms with van der Waals surface area (Å²) in [7, 11) is 1.53. The van der Waals surface area contributed by atoms with Gasteiger partial charge >= 0.3 is 0 Å². The molecule has 0 fully saturated rings. The van der Waals surface area contributed by atoms with Gasteiger partial charge in [0.15, 0.2) is 0 Å². The normalized spacial score (nSPS) is 14.0. The largest absolute Gasteiger partial charge is 0.388 e. The lowest BCUT2D eigenvalue weighted by Crippen LogP contribution is -2.42. The molecule has 0 saturated carbocycles. The summed E-state index contributed by atoms with van der Waals surface area (Å²) in [6, 6.07) is 1.65. The van der Waals surface area contributed by atoms with Crippen LogP contribution in [0.25, 0.3) is 5.52 Å².